The Bertz CT molecular complexity index is 1430. The Kier molecular flexibility index (Phi) is 5.67. The molecule has 34 heavy (non-hydrogen) atoms. The van der Waals surface area contributed by atoms with Crippen molar-refractivity contribution in [2.75, 3.05) is 5.32 Å². The molecular formula is C27H23FN4O2. The molecule has 0 radical (unpaired) electrons. The molecule has 5 rings (SSSR count). The molecule has 1 unspecified atom stereocenters. The van der Waals surface area contributed by atoms with Gasteiger partial charge < -0.3 is 15.2 Å². The summed E-state index contributed by atoms with van der Waals surface area (Å²) in [4.78, 5) is 34.4. The van der Waals surface area contributed by atoms with Crippen molar-refractivity contribution in [3.8, 4) is 0 Å². The van der Waals surface area contributed by atoms with E-state index in [-0.39, 0.29) is 30.1 Å². The second-order valence-corrected chi connectivity index (χ2v) is 8.32. The molecule has 7 heteroatoms. The summed E-state index contributed by atoms with van der Waals surface area (Å²) in [6.07, 6.45) is 4.09. The van der Waals surface area contributed by atoms with Crippen LogP contribution in [-0.2, 0) is 16.0 Å². The average molecular weight is 455 g/mol. The van der Waals surface area contributed by atoms with Gasteiger partial charge in [-0.25, -0.2) is 9.37 Å². The number of fused-ring (bicyclic) bond motifs is 2. The first kappa shape index (κ1) is 21.6. The Labute approximate surface area is 196 Å². The highest BCUT2D eigenvalue weighted by Gasteiger charge is 2.28. The van der Waals surface area contributed by atoms with Crippen LogP contribution in [0.1, 0.15) is 41.9 Å². The zero-order chi connectivity index (χ0) is 23.7. The van der Waals surface area contributed by atoms with Gasteiger partial charge in [0.15, 0.2) is 0 Å². The summed E-state index contributed by atoms with van der Waals surface area (Å²) in [5.41, 5.74) is 4.61. The number of halogens is 1. The Morgan fingerprint density at radius 3 is 2.71 bits per heavy atom. The van der Waals surface area contributed by atoms with Gasteiger partial charge in [0.05, 0.1) is 23.5 Å². The average Bonchev–Trinajstić information content (AvgIpc) is 3.22. The topological polar surface area (TPSA) is 78.1 Å². The maximum absolute atomic E-state index is 14.0. The first-order valence-electron chi connectivity index (χ1n) is 11.1. The fourth-order valence-corrected chi connectivity index (χ4v) is 4.35. The molecule has 0 saturated carbocycles. The summed E-state index contributed by atoms with van der Waals surface area (Å²) in [6.45, 7) is 1.49. The van der Waals surface area contributed by atoms with Crippen molar-refractivity contribution in [2.45, 2.75) is 25.8 Å². The molecule has 2 amide bonds. The van der Waals surface area contributed by atoms with Crippen molar-refractivity contribution < 1.29 is 14.0 Å². The van der Waals surface area contributed by atoms with Crippen molar-refractivity contribution in [3.63, 3.8) is 0 Å². The van der Waals surface area contributed by atoms with Crippen LogP contribution in [0, 0.1) is 5.82 Å². The predicted molar refractivity (Wildman–Crippen MR) is 129 cm³/mol. The fourth-order valence-electron chi connectivity index (χ4n) is 4.35. The number of aromatic amines is 1. The van der Waals surface area contributed by atoms with Gasteiger partial charge in [0.25, 0.3) is 0 Å². The number of benzene rings is 3. The number of nitrogens with zero attached hydrogens (tertiary/aromatic N) is 2. The van der Waals surface area contributed by atoms with E-state index >= 15 is 0 Å². The normalized spacial score (nSPS) is 14.8. The lowest BCUT2D eigenvalue weighted by atomic mass is 9.93. The van der Waals surface area contributed by atoms with Gasteiger partial charge >= 0.3 is 0 Å². The summed E-state index contributed by atoms with van der Waals surface area (Å²) < 4.78 is 14.0. The van der Waals surface area contributed by atoms with Gasteiger partial charge in [0.1, 0.15) is 11.6 Å². The molecule has 0 bridgehead atoms. The Morgan fingerprint density at radius 1 is 1.09 bits per heavy atom. The van der Waals surface area contributed by atoms with Crippen LogP contribution < -0.4 is 5.32 Å². The monoisotopic (exact) mass is 454 g/mol. The van der Waals surface area contributed by atoms with E-state index in [9.17, 15) is 14.0 Å². The van der Waals surface area contributed by atoms with Crippen LogP contribution in [0.3, 0.4) is 0 Å². The largest absolute Gasteiger partial charge is 0.342 e. The molecule has 6 nitrogen and oxygen atoms in total. The van der Waals surface area contributed by atoms with Gasteiger partial charge in [-0.05, 0) is 47.0 Å². The number of amides is 2. The standard InChI is InChI=1S/C27H23FN4O2/c1-17(33)32-13-12-18-6-2-4-8-21(18)25(32)16-27(34)29-20-10-11-23-24(15-20)31-26(30-23)14-19-7-3-5-9-22(19)28/h2-13,15,25H,14,16H2,1H3,(H,29,34)(H,30,31). The number of carbonyl (C=O) groups is 2. The van der Waals surface area contributed by atoms with Crippen LogP contribution >= 0.6 is 0 Å². The third-order valence-corrected chi connectivity index (χ3v) is 5.98. The van der Waals surface area contributed by atoms with Crippen molar-refractivity contribution in [1.29, 1.82) is 0 Å². The number of hydrogen-bond acceptors (Lipinski definition) is 3. The van der Waals surface area contributed by atoms with Gasteiger partial charge in [-0.3, -0.25) is 9.59 Å². The van der Waals surface area contributed by atoms with E-state index in [4.69, 9.17) is 0 Å². The number of carbonyl (C=O) groups excluding carboxylic acids is 2. The zero-order valence-corrected chi connectivity index (χ0v) is 18.6. The number of anilines is 1. The van der Waals surface area contributed by atoms with Crippen LogP contribution in [0.4, 0.5) is 10.1 Å². The molecule has 0 aliphatic carbocycles. The second kappa shape index (κ2) is 8.94. The van der Waals surface area contributed by atoms with E-state index in [0.29, 0.717) is 23.5 Å². The summed E-state index contributed by atoms with van der Waals surface area (Å²) in [5, 5.41) is 2.93. The Morgan fingerprint density at radius 2 is 1.88 bits per heavy atom. The van der Waals surface area contributed by atoms with Crippen LogP contribution in [-0.4, -0.2) is 26.7 Å². The molecule has 1 aliphatic heterocycles. The van der Waals surface area contributed by atoms with Gasteiger partial charge in [0.2, 0.25) is 11.8 Å². The highest BCUT2D eigenvalue weighted by atomic mass is 19.1. The van der Waals surface area contributed by atoms with Crippen molar-refractivity contribution >= 4 is 34.6 Å². The van der Waals surface area contributed by atoms with Crippen molar-refractivity contribution in [1.82, 2.24) is 14.9 Å². The smallest absolute Gasteiger partial charge is 0.226 e. The van der Waals surface area contributed by atoms with E-state index in [1.807, 2.05) is 42.5 Å². The van der Waals surface area contributed by atoms with Gasteiger partial charge in [-0.1, -0.05) is 42.5 Å². The Balaban J connectivity index is 1.33. The fraction of sp³-hybridized carbons (Fsp3) is 0.148. The van der Waals surface area contributed by atoms with Crippen molar-refractivity contribution in [3.05, 3.63) is 101 Å². The summed E-state index contributed by atoms with van der Waals surface area (Å²) in [7, 11) is 0. The molecular weight excluding hydrogens is 431 g/mol. The highest BCUT2D eigenvalue weighted by molar-refractivity contribution is 5.94. The second-order valence-electron chi connectivity index (χ2n) is 8.32. The van der Waals surface area contributed by atoms with Crippen LogP contribution in [0.2, 0.25) is 0 Å². The molecule has 1 aromatic heterocycles. The van der Waals surface area contributed by atoms with Crippen molar-refractivity contribution in [2.24, 2.45) is 0 Å². The Hall–Kier alpha value is -4.26. The molecule has 2 N–H and O–H groups in total. The summed E-state index contributed by atoms with van der Waals surface area (Å²) in [6, 6.07) is 19.4. The van der Waals surface area contributed by atoms with Crippen LogP contribution in [0.15, 0.2) is 72.9 Å². The minimum absolute atomic E-state index is 0.121. The molecule has 170 valence electrons. The van der Waals surface area contributed by atoms with Crippen LogP contribution in [0.25, 0.3) is 17.1 Å². The first-order valence-corrected chi connectivity index (χ1v) is 11.1. The first-order chi connectivity index (χ1) is 16.5. The number of hydrogen-bond donors (Lipinski definition) is 2. The number of rotatable bonds is 5. The van der Waals surface area contributed by atoms with E-state index in [1.165, 1.54) is 13.0 Å². The van der Waals surface area contributed by atoms with E-state index in [2.05, 4.69) is 15.3 Å². The summed E-state index contributed by atoms with van der Waals surface area (Å²) >= 11 is 0. The molecule has 0 fully saturated rings. The SMILES string of the molecule is CC(=O)N1C=Cc2ccccc2C1CC(=O)Nc1ccc2nc(Cc3ccccc3F)[nH]c2c1. The van der Waals surface area contributed by atoms with E-state index < -0.39 is 0 Å². The van der Waals surface area contributed by atoms with Gasteiger partial charge in [-0.2, -0.15) is 0 Å². The lowest BCUT2D eigenvalue weighted by molar-refractivity contribution is -0.129. The maximum atomic E-state index is 14.0. The minimum atomic E-state index is -0.373. The number of nitrogens with one attached hydrogen (secondary N) is 2. The lowest BCUT2D eigenvalue weighted by Gasteiger charge is -2.32. The number of imidazole rings is 1. The molecule has 2 heterocycles. The zero-order valence-electron chi connectivity index (χ0n) is 18.6. The number of H-pyrrole nitrogens is 1. The predicted octanol–water partition coefficient (Wildman–Crippen LogP) is 5.20. The van der Waals surface area contributed by atoms with Gasteiger partial charge in [-0.15, -0.1) is 0 Å². The molecule has 0 saturated heterocycles. The molecule has 4 aromatic rings. The summed E-state index contributed by atoms with van der Waals surface area (Å²) in [5.74, 6) is 0.0533. The molecule has 1 aliphatic rings. The van der Waals surface area contributed by atoms with E-state index in [1.54, 1.807) is 35.4 Å². The molecule has 1 atom stereocenters. The van der Waals surface area contributed by atoms with Gasteiger partial charge in [0, 0.05) is 25.2 Å². The third-order valence-electron chi connectivity index (χ3n) is 5.98. The quantitative estimate of drug-likeness (QED) is 0.435. The maximum Gasteiger partial charge on any atom is 0.226 e. The third kappa shape index (κ3) is 4.32. The minimum Gasteiger partial charge on any atom is -0.342 e. The highest BCUT2D eigenvalue weighted by Crippen LogP contribution is 2.33. The lowest BCUT2D eigenvalue weighted by Crippen LogP contribution is -2.33. The number of aromatic nitrogens is 2. The molecule has 3 aromatic carbocycles. The van der Waals surface area contributed by atoms with Crippen LogP contribution in [0.5, 0.6) is 0 Å². The van der Waals surface area contributed by atoms with E-state index in [0.717, 1.165) is 22.2 Å². The molecule has 0 spiro atoms.